The molecule has 3 N–H and O–H groups in total. The molecule has 2 nitrogen and oxygen atoms in total. The second kappa shape index (κ2) is 12.4. The molecular weight excluding hydrogens is 270 g/mol. The van der Waals surface area contributed by atoms with Gasteiger partial charge in [-0.15, -0.1) is 0 Å². The van der Waals surface area contributed by atoms with Crippen molar-refractivity contribution in [2.75, 3.05) is 0 Å². The Bertz CT molecular complexity index is 388. The first-order valence-corrected chi connectivity index (χ1v) is 8.86. The van der Waals surface area contributed by atoms with Crippen LogP contribution in [-0.2, 0) is 6.42 Å². The van der Waals surface area contributed by atoms with Crippen molar-refractivity contribution in [1.29, 1.82) is 0 Å². The fourth-order valence-electron chi connectivity index (χ4n) is 2.59. The number of allylic oxidation sites excluding steroid dienone is 2. The number of unbranched alkanes of at least 4 members (excludes halogenated alkanes) is 5. The molecule has 2 unspecified atom stereocenters. The van der Waals surface area contributed by atoms with Crippen LogP contribution in [0.25, 0.3) is 0 Å². The minimum absolute atomic E-state index is 0.156. The van der Waals surface area contributed by atoms with E-state index in [4.69, 9.17) is 5.73 Å². The highest BCUT2D eigenvalue weighted by molar-refractivity contribution is 5.16. The van der Waals surface area contributed by atoms with Gasteiger partial charge >= 0.3 is 0 Å². The molecule has 0 radical (unpaired) electrons. The summed E-state index contributed by atoms with van der Waals surface area (Å²) in [5.41, 5.74) is 7.30. The summed E-state index contributed by atoms with van der Waals surface area (Å²) >= 11 is 0. The van der Waals surface area contributed by atoms with Crippen LogP contribution in [0.5, 0.6) is 0 Å². The standard InChI is InChI=1S/C20H33NO/c1-2-3-4-5-6-7-8-9-13-16-20(22)19(21)17-18-14-11-10-12-15-18/h5-6,10-12,14-15,19-20,22H,2-4,7-9,13,16-17,21H2,1H3. The Morgan fingerprint density at radius 1 is 1.00 bits per heavy atom. The first kappa shape index (κ1) is 18.9. The molecule has 0 fully saturated rings. The molecule has 22 heavy (non-hydrogen) atoms. The van der Waals surface area contributed by atoms with Crippen LogP contribution < -0.4 is 5.73 Å². The Morgan fingerprint density at radius 2 is 1.68 bits per heavy atom. The van der Waals surface area contributed by atoms with E-state index in [0.29, 0.717) is 0 Å². The number of aliphatic hydroxyl groups is 1. The molecule has 1 aromatic carbocycles. The van der Waals surface area contributed by atoms with E-state index in [0.717, 1.165) is 25.7 Å². The van der Waals surface area contributed by atoms with Gasteiger partial charge in [0.1, 0.15) is 0 Å². The molecule has 0 aliphatic heterocycles. The van der Waals surface area contributed by atoms with Crippen molar-refractivity contribution in [2.45, 2.75) is 76.9 Å². The third kappa shape index (κ3) is 9.01. The van der Waals surface area contributed by atoms with Gasteiger partial charge in [0.25, 0.3) is 0 Å². The fraction of sp³-hybridized carbons (Fsp3) is 0.600. The lowest BCUT2D eigenvalue weighted by Gasteiger charge is -2.18. The molecule has 0 aliphatic carbocycles. The van der Waals surface area contributed by atoms with Gasteiger partial charge in [0.15, 0.2) is 0 Å². The quantitative estimate of drug-likeness (QED) is 0.437. The second-order valence-corrected chi connectivity index (χ2v) is 6.17. The highest BCUT2D eigenvalue weighted by Gasteiger charge is 2.14. The van der Waals surface area contributed by atoms with Crippen molar-refractivity contribution >= 4 is 0 Å². The van der Waals surface area contributed by atoms with Crippen LogP contribution in [0.15, 0.2) is 42.5 Å². The van der Waals surface area contributed by atoms with E-state index in [9.17, 15) is 5.11 Å². The van der Waals surface area contributed by atoms with Crippen LogP contribution in [0.3, 0.4) is 0 Å². The summed E-state index contributed by atoms with van der Waals surface area (Å²) in [7, 11) is 0. The molecule has 0 aliphatic rings. The zero-order chi connectivity index (χ0) is 16.0. The predicted molar refractivity (Wildman–Crippen MR) is 95.9 cm³/mol. The number of nitrogens with two attached hydrogens (primary N) is 1. The van der Waals surface area contributed by atoms with E-state index in [2.05, 4.69) is 31.2 Å². The van der Waals surface area contributed by atoms with E-state index >= 15 is 0 Å². The lowest BCUT2D eigenvalue weighted by atomic mass is 9.98. The number of hydrogen-bond acceptors (Lipinski definition) is 2. The Morgan fingerprint density at radius 3 is 2.36 bits per heavy atom. The first-order valence-electron chi connectivity index (χ1n) is 8.86. The van der Waals surface area contributed by atoms with Crippen molar-refractivity contribution in [2.24, 2.45) is 5.73 Å². The average molecular weight is 303 g/mol. The van der Waals surface area contributed by atoms with Crippen LogP contribution in [0, 0.1) is 0 Å². The summed E-state index contributed by atoms with van der Waals surface area (Å²) in [5, 5.41) is 10.1. The molecule has 2 heteroatoms. The zero-order valence-electron chi connectivity index (χ0n) is 14.1. The number of benzene rings is 1. The number of rotatable bonds is 12. The molecule has 0 amide bonds. The SMILES string of the molecule is CCCCC=CCCCCCC(O)C(N)Cc1ccccc1. The third-order valence-electron chi connectivity index (χ3n) is 4.07. The number of aliphatic hydroxyl groups excluding tert-OH is 1. The molecule has 0 saturated carbocycles. The smallest absolute Gasteiger partial charge is 0.0694 e. The summed E-state index contributed by atoms with van der Waals surface area (Å²) in [4.78, 5) is 0. The molecule has 124 valence electrons. The summed E-state index contributed by atoms with van der Waals surface area (Å²) in [6, 6.07) is 10.0. The minimum atomic E-state index is -0.389. The Kier molecular flexibility index (Phi) is 10.7. The van der Waals surface area contributed by atoms with Gasteiger partial charge in [0.05, 0.1) is 6.10 Å². The maximum Gasteiger partial charge on any atom is 0.0694 e. The van der Waals surface area contributed by atoms with Gasteiger partial charge in [-0.1, -0.05) is 75.1 Å². The van der Waals surface area contributed by atoms with E-state index in [1.165, 1.54) is 37.7 Å². The Balaban J connectivity index is 2.05. The van der Waals surface area contributed by atoms with Gasteiger partial charge in [0, 0.05) is 6.04 Å². The maximum absolute atomic E-state index is 10.1. The van der Waals surface area contributed by atoms with Crippen molar-refractivity contribution in [1.82, 2.24) is 0 Å². The normalized spacial score (nSPS) is 14.3. The molecule has 0 saturated heterocycles. The summed E-state index contributed by atoms with van der Waals surface area (Å²) in [6.07, 6.45) is 14.2. The molecule has 1 aromatic rings. The maximum atomic E-state index is 10.1. The third-order valence-corrected chi connectivity index (χ3v) is 4.07. The van der Waals surface area contributed by atoms with Gasteiger partial charge in [0.2, 0.25) is 0 Å². The van der Waals surface area contributed by atoms with Gasteiger partial charge < -0.3 is 10.8 Å². The summed E-state index contributed by atoms with van der Waals surface area (Å²) < 4.78 is 0. The van der Waals surface area contributed by atoms with Crippen LogP contribution in [0.4, 0.5) is 0 Å². The zero-order valence-corrected chi connectivity index (χ0v) is 14.1. The van der Waals surface area contributed by atoms with E-state index in [1.807, 2.05) is 18.2 Å². The van der Waals surface area contributed by atoms with Crippen molar-refractivity contribution in [3.8, 4) is 0 Å². The molecule has 1 rings (SSSR count). The van der Waals surface area contributed by atoms with E-state index in [1.54, 1.807) is 0 Å². The first-order chi connectivity index (χ1) is 10.7. The average Bonchev–Trinajstić information content (AvgIpc) is 2.54. The largest absolute Gasteiger partial charge is 0.392 e. The Labute approximate surface area is 136 Å². The van der Waals surface area contributed by atoms with Crippen LogP contribution in [0.1, 0.15) is 63.9 Å². The second-order valence-electron chi connectivity index (χ2n) is 6.17. The predicted octanol–water partition coefficient (Wildman–Crippen LogP) is 4.61. The molecule has 0 spiro atoms. The van der Waals surface area contributed by atoms with E-state index < -0.39 is 0 Å². The van der Waals surface area contributed by atoms with Gasteiger partial charge in [-0.05, 0) is 37.7 Å². The van der Waals surface area contributed by atoms with Gasteiger partial charge in [-0.25, -0.2) is 0 Å². The van der Waals surface area contributed by atoms with Crippen molar-refractivity contribution in [3.63, 3.8) is 0 Å². The van der Waals surface area contributed by atoms with Crippen LogP contribution in [-0.4, -0.2) is 17.3 Å². The van der Waals surface area contributed by atoms with Crippen molar-refractivity contribution in [3.05, 3.63) is 48.0 Å². The van der Waals surface area contributed by atoms with Gasteiger partial charge in [-0.3, -0.25) is 0 Å². The van der Waals surface area contributed by atoms with Gasteiger partial charge in [-0.2, -0.15) is 0 Å². The lowest BCUT2D eigenvalue weighted by Crippen LogP contribution is -2.36. The van der Waals surface area contributed by atoms with Crippen LogP contribution >= 0.6 is 0 Å². The topological polar surface area (TPSA) is 46.2 Å². The summed E-state index contributed by atoms with van der Waals surface area (Å²) in [5.74, 6) is 0. The van der Waals surface area contributed by atoms with Crippen LogP contribution in [0.2, 0.25) is 0 Å². The van der Waals surface area contributed by atoms with E-state index in [-0.39, 0.29) is 12.1 Å². The monoisotopic (exact) mass is 303 g/mol. The Hall–Kier alpha value is -1.12. The molecule has 0 aromatic heterocycles. The molecule has 0 bridgehead atoms. The fourth-order valence-corrected chi connectivity index (χ4v) is 2.59. The minimum Gasteiger partial charge on any atom is -0.392 e. The highest BCUT2D eigenvalue weighted by Crippen LogP contribution is 2.11. The molecular formula is C20H33NO. The lowest BCUT2D eigenvalue weighted by molar-refractivity contribution is 0.131. The number of hydrogen-bond donors (Lipinski definition) is 2. The highest BCUT2D eigenvalue weighted by atomic mass is 16.3. The molecule has 0 heterocycles. The summed E-state index contributed by atoms with van der Waals surface area (Å²) in [6.45, 7) is 2.22. The van der Waals surface area contributed by atoms with Crippen molar-refractivity contribution < 1.29 is 5.11 Å². The molecule has 2 atom stereocenters.